The number of aromatic nitrogens is 2. The summed E-state index contributed by atoms with van der Waals surface area (Å²) in [6.07, 6.45) is 1.44. The summed E-state index contributed by atoms with van der Waals surface area (Å²) in [6.45, 7) is 4.01. The number of carbonyl (C=O) groups excluding carboxylic acids is 1. The van der Waals surface area contributed by atoms with Gasteiger partial charge < -0.3 is 9.40 Å². The van der Waals surface area contributed by atoms with Crippen LogP contribution in [-0.2, 0) is 6.42 Å². The molecule has 6 heteroatoms. The molecular weight excluding hydrogens is 348 g/mol. The zero-order chi connectivity index (χ0) is 18.3. The minimum atomic E-state index is -0.225. The molecule has 0 bridgehead atoms. The third-order valence-corrected chi connectivity index (χ3v) is 5.25. The summed E-state index contributed by atoms with van der Waals surface area (Å²) in [6, 6.07) is 11.3. The van der Waals surface area contributed by atoms with Crippen LogP contribution in [-0.4, -0.2) is 15.8 Å². The van der Waals surface area contributed by atoms with Gasteiger partial charge in [0.15, 0.2) is 5.76 Å². The van der Waals surface area contributed by atoms with E-state index in [9.17, 15) is 9.59 Å². The molecule has 3 heterocycles. The minimum Gasteiger partial charge on any atom is -0.461 e. The maximum absolute atomic E-state index is 12.7. The van der Waals surface area contributed by atoms with Gasteiger partial charge >= 0.3 is 0 Å². The van der Waals surface area contributed by atoms with Crippen LogP contribution >= 0.6 is 11.3 Å². The van der Waals surface area contributed by atoms with E-state index in [1.807, 2.05) is 38.1 Å². The number of furan rings is 1. The summed E-state index contributed by atoms with van der Waals surface area (Å²) >= 11 is 1.46. The second kappa shape index (κ2) is 6.38. The Morgan fingerprint density at radius 2 is 1.96 bits per heavy atom. The molecule has 3 aromatic heterocycles. The molecule has 0 unspecified atom stereocenters. The number of fused-ring (bicyclic) bond motifs is 1. The predicted molar refractivity (Wildman–Crippen MR) is 102 cm³/mol. The van der Waals surface area contributed by atoms with Gasteiger partial charge in [0.1, 0.15) is 10.7 Å². The van der Waals surface area contributed by atoms with Gasteiger partial charge in [-0.2, -0.15) is 0 Å². The first-order valence-electron chi connectivity index (χ1n) is 8.19. The first kappa shape index (κ1) is 16.5. The van der Waals surface area contributed by atoms with Gasteiger partial charge in [-0.15, -0.1) is 11.3 Å². The molecule has 0 saturated heterocycles. The van der Waals surface area contributed by atoms with Gasteiger partial charge in [0.05, 0.1) is 18.1 Å². The van der Waals surface area contributed by atoms with Gasteiger partial charge in [-0.1, -0.05) is 29.8 Å². The molecule has 1 N–H and O–H groups in total. The number of ketones is 1. The predicted octanol–water partition coefficient (Wildman–Crippen LogP) is 4.29. The fourth-order valence-electron chi connectivity index (χ4n) is 2.99. The van der Waals surface area contributed by atoms with E-state index >= 15 is 0 Å². The van der Waals surface area contributed by atoms with E-state index in [0.29, 0.717) is 16.0 Å². The van der Waals surface area contributed by atoms with Crippen molar-refractivity contribution in [1.29, 1.82) is 0 Å². The molecular formula is C20H16N2O3S. The number of thiophene rings is 1. The van der Waals surface area contributed by atoms with Crippen molar-refractivity contribution >= 4 is 27.3 Å². The quantitative estimate of drug-likeness (QED) is 0.548. The molecule has 26 heavy (non-hydrogen) atoms. The van der Waals surface area contributed by atoms with E-state index in [-0.39, 0.29) is 23.5 Å². The zero-order valence-corrected chi connectivity index (χ0v) is 15.1. The molecule has 0 aliphatic carbocycles. The largest absolute Gasteiger partial charge is 0.461 e. The number of benzene rings is 1. The number of rotatable bonds is 4. The van der Waals surface area contributed by atoms with E-state index in [2.05, 4.69) is 9.97 Å². The summed E-state index contributed by atoms with van der Waals surface area (Å²) in [5.74, 6) is 0.389. The van der Waals surface area contributed by atoms with Gasteiger partial charge in [0, 0.05) is 10.4 Å². The Hall–Kier alpha value is -2.99. The molecule has 0 atom stereocenters. The van der Waals surface area contributed by atoms with E-state index in [0.717, 1.165) is 21.6 Å². The van der Waals surface area contributed by atoms with E-state index in [1.54, 1.807) is 12.1 Å². The van der Waals surface area contributed by atoms with Crippen molar-refractivity contribution in [3.8, 4) is 11.1 Å². The number of aromatic amines is 1. The third kappa shape index (κ3) is 2.88. The maximum Gasteiger partial charge on any atom is 0.260 e. The maximum atomic E-state index is 12.7. The van der Waals surface area contributed by atoms with Crippen LogP contribution in [0.15, 0.2) is 51.9 Å². The summed E-state index contributed by atoms with van der Waals surface area (Å²) in [7, 11) is 0. The van der Waals surface area contributed by atoms with Gasteiger partial charge in [-0.3, -0.25) is 9.59 Å². The topological polar surface area (TPSA) is 76.0 Å². The second-order valence-electron chi connectivity index (χ2n) is 6.17. The molecule has 0 aliphatic rings. The average molecular weight is 364 g/mol. The van der Waals surface area contributed by atoms with Crippen molar-refractivity contribution in [2.75, 3.05) is 0 Å². The Morgan fingerprint density at radius 3 is 2.65 bits per heavy atom. The molecule has 0 spiro atoms. The Balaban J connectivity index is 1.78. The number of hydrogen-bond acceptors (Lipinski definition) is 5. The Labute approximate surface area is 153 Å². The summed E-state index contributed by atoms with van der Waals surface area (Å²) in [5, 5.41) is 0.575. The van der Waals surface area contributed by atoms with Crippen LogP contribution in [0.1, 0.15) is 26.8 Å². The summed E-state index contributed by atoms with van der Waals surface area (Å²) < 4.78 is 5.11. The highest BCUT2D eigenvalue weighted by molar-refractivity contribution is 7.19. The molecule has 5 nitrogen and oxygen atoms in total. The van der Waals surface area contributed by atoms with Crippen molar-refractivity contribution in [3.05, 3.63) is 75.0 Å². The molecule has 0 saturated carbocycles. The van der Waals surface area contributed by atoms with Crippen LogP contribution in [0.2, 0.25) is 0 Å². The van der Waals surface area contributed by atoms with Crippen LogP contribution in [0, 0.1) is 13.8 Å². The highest BCUT2D eigenvalue weighted by Crippen LogP contribution is 2.35. The first-order valence-corrected chi connectivity index (χ1v) is 9.00. The highest BCUT2D eigenvalue weighted by Gasteiger charge is 2.18. The lowest BCUT2D eigenvalue weighted by molar-refractivity contribution is 0.0964. The van der Waals surface area contributed by atoms with E-state index in [4.69, 9.17) is 4.42 Å². The number of nitrogens with zero attached hydrogens (tertiary/aromatic N) is 1. The molecule has 0 aliphatic heterocycles. The Kier molecular flexibility index (Phi) is 4.05. The monoisotopic (exact) mass is 364 g/mol. The average Bonchev–Trinajstić information content (AvgIpc) is 3.23. The SMILES string of the molecule is Cc1ccc(-c2c(C)sc3nc(CC(=O)c4ccco4)[nH]c(=O)c23)cc1. The van der Waals surface area contributed by atoms with E-state index in [1.165, 1.54) is 17.6 Å². The molecule has 0 fully saturated rings. The Bertz CT molecular complexity index is 1150. The van der Waals surface area contributed by atoms with Gasteiger partial charge in [0.2, 0.25) is 5.78 Å². The standard InChI is InChI=1S/C20H16N2O3S/c1-11-5-7-13(8-6-11)17-12(2)26-20-18(17)19(24)21-16(22-20)10-14(23)15-4-3-9-25-15/h3-9H,10H2,1-2H3,(H,21,22,24). The van der Waals surface area contributed by atoms with Crippen LogP contribution in [0.3, 0.4) is 0 Å². The van der Waals surface area contributed by atoms with Crippen molar-refractivity contribution in [2.45, 2.75) is 20.3 Å². The third-order valence-electron chi connectivity index (χ3n) is 4.25. The number of Topliss-reactive ketones (excluding diaryl/α,β-unsaturated/α-hetero) is 1. The second-order valence-corrected chi connectivity index (χ2v) is 7.37. The molecule has 0 radical (unpaired) electrons. The van der Waals surface area contributed by atoms with Crippen LogP contribution in [0.5, 0.6) is 0 Å². The van der Waals surface area contributed by atoms with Gasteiger partial charge in [0.25, 0.3) is 5.56 Å². The van der Waals surface area contributed by atoms with Crippen molar-refractivity contribution in [1.82, 2.24) is 9.97 Å². The molecule has 4 rings (SSSR count). The number of aryl methyl sites for hydroxylation is 2. The van der Waals surface area contributed by atoms with Crippen LogP contribution < -0.4 is 5.56 Å². The zero-order valence-electron chi connectivity index (χ0n) is 14.3. The molecule has 1 aromatic carbocycles. The van der Waals surface area contributed by atoms with Gasteiger partial charge in [-0.05, 0) is 31.5 Å². The highest BCUT2D eigenvalue weighted by atomic mass is 32.1. The van der Waals surface area contributed by atoms with Gasteiger partial charge in [-0.25, -0.2) is 4.98 Å². The normalized spacial score (nSPS) is 11.2. The number of nitrogens with one attached hydrogen (secondary N) is 1. The summed E-state index contributed by atoms with van der Waals surface area (Å²) in [5.41, 5.74) is 2.84. The minimum absolute atomic E-state index is 0.00446. The number of H-pyrrole nitrogens is 1. The Morgan fingerprint density at radius 1 is 1.19 bits per heavy atom. The fraction of sp³-hybridized carbons (Fsp3) is 0.150. The van der Waals surface area contributed by atoms with E-state index < -0.39 is 0 Å². The number of hydrogen-bond donors (Lipinski definition) is 1. The molecule has 130 valence electrons. The van der Waals surface area contributed by atoms with Crippen LogP contribution in [0.4, 0.5) is 0 Å². The molecule has 4 aromatic rings. The van der Waals surface area contributed by atoms with Crippen molar-refractivity contribution in [2.24, 2.45) is 0 Å². The number of carbonyl (C=O) groups is 1. The first-order chi connectivity index (χ1) is 12.5. The smallest absolute Gasteiger partial charge is 0.260 e. The fourth-order valence-corrected chi connectivity index (χ4v) is 4.06. The summed E-state index contributed by atoms with van der Waals surface area (Å²) in [4.78, 5) is 33.8. The van der Waals surface area contributed by atoms with Crippen molar-refractivity contribution in [3.63, 3.8) is 0 Å². The lowest BCUT2D eigenvalue weighted by atomic mass is 10.0. The lowest BCUT2D eigenvalue weighted by Crippen LogP contribution is -2.14. The lowest BCUT2D eigenvalue weighted by Gasteiger charge is -2.03. The molecule has 0 amide bonds. The van der Waals surface area contributed by atoms with Crippen molar-refractivity contribution < 1.29 is 9.21 Å². The van der Waals surface area contributed by atoms with Crippen LogP contribution in [0.25, 0.3) is 21.3 Å².